The van der Waals surface area contributed by atoms with E-state index in [1.54, 1.807) is 6.92 Å². The molecule has 7 heteroatoms. The van der Waals surface area contributed by atoms with Crippen LogP contribution in [-0.2, 0) is 15.8 Å². The molecule has 1 aromatic carbocycles. The van der Waals surface area contributed by atoms with Crippen LogP contribution in [0, 0.1) is 11.7 Å². The molecule has 1 heterocycles. The Kier molecular flexibility index (Phi) is 4.02. The quantitative estimate of drug-likeness (QED) is 0.674. The topological polar surface area (TPSA) is 46.2 Å². The first-order chi connectivity index (χ1) is 9.74. The van der Waals surface area contributed by atoms with Gasteiger partial charge in [0.15, 0.2) is 0 Å². The lowest BCUT2D eigenvalue weighted by Crippen LogP contribution is -2.44. The highest BCUT2D eigenvalue weighted by Gasteiger charge is 2.38. The smallest absolute Gasteiger partial charge is 0.296 e. The summed E-state index contributed by atoms with van der Waals surface area (Å²) in [6.45, 7) is 1.71. The van der Waals surface area contributed by atoms with Crippen LogP contribution in [0.5, 0.6) is 0 Å². The fraction of sp³-hybridized carbons (Fsp3) is 0.429. The minimum Gasteiger partial charge on any atom is -0.296 e. The van der Waals surface area contributed by atoms with Gasteiger partial charge in [-0.1, -0.05) is 13.0 Å². The van der Waals surface area contributed by atoms with Crippen molar-refractivity contribution in [3.05, 3.63) is 35.1 Å². The van der Waals surface area contributed by atoms with Gasteiger partial charge in [-0.2, -0.15) is 13.2 Å². The predicted molar refractivity (Wildman–Crippen MR) is 65.7 cm³/mol. The first-order valence-corrected chi connectivity index (χ1v) is 6.44. The van der Waals surface area contributed by atoms with E-state index < -0.39 is 41.2 Å². The van der Waals surface area contributed by atoms with Crippen LogP contribution >= 0.6 is 0 Å². The Morgan fingerprint density at radius 1 is 1.29 bits per heavy atom. The van der Waals surface area contributed by atoms with Gasteiger partial charge >= 0.3 is 6.18 Å². The third-order valence-electron chi connectivity index (χ3n) is 3.65. The zero-order valence-electron chi connectivity index (χ0n) is 11.1. The van der Waals surface area contributed by atoms with Gasteiger partial charge in [0.05, 0.1) is 5.56 Å². The van der Waals surface area contributed by atoms with E-state index in [-0.39, 0.29) is 12.0 Å². The maximum absolute atomic E-state index is 13.3. The van der Waals surface area contributed by atoms with Crippen LogP contribution in [0.1, 0.15) is 36.8 Å². The van der Waals surface area contributed by atoms with Crippen molar-refractivity contribution in [1.82, 2.24) is 5.32 Å². The molecular formula is C14H13F4NO2. The van der Waals surface area contributed by atoms with Gasteiger partial charge in [0, 0.05) is 18.3 Å². The molecule has 0 bridgehead atoms. The average Bonchev–Trinajstić information content (AvgIpc) is 2.37. The van der Waals surface area contributed by atoms with Crippen molar-refractivity contribution < 1.29 is 27.2 Å². The second-order valence-electron chi connectivity index (χ2n) is 4.97. The summed E-state index contributed by atoms with van der Waals surface area (Å²) in [6, 6.07) is 2.61. The number of imide groups is 1. The molecule has 0 aliphatic carbocycles. The van der Waals surface area contributed by atoms with Gasteiger partial charge in [-0.25, -0.2) is 4.39 Å². The molecule has 0 aromatic heterocycles. The Hall–Kier alpha value is -1.92. The Bertz CT molecular complexity index is 583. The Morgan fingerprint density at radius 3 is 2.52 bits per heavy atom. The van der Waals surface area contributed by atoms with Gasteiger partial charge in [-0.05, 0) is 24.1 Å². The van der Waals surface area contributed by atoms with Gasteiger partial charge in [0.1, 0.15) is 5.82 Å². The van der Waals surface area contributed by atoms with Crippen LogP contribution < -0.4 is 5.32 Å². The van der Waals surface area contributed by atoms with Crippen LogP contribution in [0.15, 0.2) is 18.2 Å². The third kappa shape index (κ3) is 3.06. The molecule has 0 saturated carbocycles. The second-order valence-corrected chi connectivity index (χ2v) is 4.97. The van der Waals surface area contributed by atoms with E-state index in [1.165, 1.54) is 6.07 Å². The monoisotopic (exact) mass is 303 g/mol. The molecule has 1 fully saturated rings. The Labute approximate surface area is 118 Å². The van der Waals surface area contributed by atoms with Crippen LogP contribution in [0.25, 0.3) is 0 Å². The standard InChI is InChI=1S/C14H13F4NO2/c1-2-8-9(6-12(20)19-13(8)21)7-3-4-11(15)10(5-7)14(16,17)18/h3-5,8-9H,2,6H2,1H3,(H,19,20,21). The molecule has 21 heavy (non-hydrogen) atoms. The second kappa shape index (κ2) is 5.46. The Morgan fingerprint density at radius 2 is 1.95 bits per heavy atom. The number of rotatable bonds is 2. The molecule has 0 spiro atoms. The van der Waals surface area contributed by atoms with Crippen molar-refractivity contribution in [2.45, 2.75) is 31.9 Å². The number of nitrogens with one attached hydrogen (secondary N) is 1. The molecule has 2 rings (SSSR count). The van der Waals surface area contributed by atoms with Crippen LogP contribution in [-0.4, -0.2) is 11.8 Å². The normalized spacial score (nSPS) is 23.1. The average molecular weight is 303 g/mol. The number of piperidine rings is 1. The molecule has 114 valence electrons. The van der Waals surface area contributed by atoms with Gasteiger partial charge in [-0.3, -0.25) is 14.9 Å². The van der Waals surface area contributed by atoms with Crippen molar-refractivity contribution in [1.29, 1.82) is 0 Å². The first kappa shape index (κ1) is 15.5. The lowest BCUT2D eigenvalue weighted by atomic mass is 9.78. The van der Waals surface area contributed by atoms with E-state index in [0.29, 0.717) is 12.5 Å². The van der Waals surface area contributed by atoms with Crippen LogP contribution in [0.2, 0.25) is 0 Å². The van der Waals surface area contributed by atoms with Gasteiger partial charge < -0.3 is 0 Å². The number of alkyl halides is 3. The SMILES string of the molecule is CCC1C(=O)NC(=O)CC1c1ccc(F)c(C(F)(F)F)c1. The number of carbonyl (C=O) groups excluding carboxylic acids is 2. The summed E-state index contributed by atoms with van der Waals surface area (Å²) >= 11 is 0. The molecule has 1 saturated heterocycles. The van der Waals surface area contributed by atoms with E-state index in [2.05, 4.69) is 5.32 Å². The van der Waals surface area contributed by atoms with Gasteiger partial charge in [0.25, 0.3) is 0 Å². The summed E-state index contributed by atoms with van der Waals surface area (Å²) in [5.41, 5.74) is -1.23. The molecule has 3 nitrogen and oxygen atoms in total. The first-order valence-electron chi connectivity index (χ1n) is 6.44. The van der Waals surface area contributed by atoms with Crippen molar-refractivity contribution in [3.8, 4) is 0 Å². The lowest BCUT2D eigenvalue weighted by molar-refractivity contribution is -0.140. The van der Waals surface area contributed by atoms with Crippen molar-refractivity contribution in [2.75, 3.05) is 0 Å². The largest absolute Gasteiger partial charge is 0.419 e. The maximum atomic E-state index is 13.3. The minimum absolute atomic E-state index is 0.0901. The highest BCUT2D eigenvalue weighted by molar-refractivity contribution is 5.99. The summed E-state index contributed by atoms with van der Waals surface area (Å²) in [4.78, 5) is 23.2. The summed E-state index contributed by atoms with van der Waals surface area (Å²) in [5.74, 6) is -3.68. The number of halogens is 4. The zero-order valence-corrected chi connectivity index (χ0v) is 11.1. The number of hydrogen-bond acceptors (Lipinski definition) is 2. The highest BCUT2D eigenvalue weighted by atomic mass is 19.4. The molecule has 1 aromatic rings. The van der Waals surface area contributed by atoms with Gasteiger partial charge in [-0.15, -0.1) is 0 Å². The fourth-order valence-electron chi connectivity index (χ4n) is 2.62. The molecule has 1 aliphatic rings. The third-order valence-corrected chi connectivity index (χ3v) is 3.65. The molecule has 2 amide bonds. The minimum atomic E-state index is -4.82. The van der Waals surface area contributed by atoms with E-state index in [9.17, 15) is 27.2 Å². The van der Waals surface area contributed by atoms with Crippen molar-refractivity contribution in [3.63, 3.8) is 0 Å². The molecule has 2 atom stereocenters. The maximum Gasteiger partial charge on any atom is 0.419 e. The van der Waals surface area contributed by atoms with E-state index in [4.69, 9.17) is 0 Å². The summed E-state index contributed by atoms with van der Waals surface area (Å²) in [6.07, 6.45) is -4.53. The summed E-state index contributed by atoms with van der Waals surface area (Å²) in [7, 11) is 0. The number of carbonyl (C=O) groups is 2. The van der Waals surface area contributed by atoms with E-state index in [1.807, 2.05) is 0 Å². The Balaban J connectivity index is 2.44. The predicted octanol–water partition coefficient (Wildman–Crippen LogP) is 3.00. The lowest BCUT2D eigenvalue weighted by Gasteiger charge is -2.30. The summed E-state index contributed by atoms with van der Waals surface area (Å²) in [5, 5.41) is 2.16. The van der Waals surface area contributed by atoms with Crippen molar-refractivity contribution in [2.24, 2.45) is 5.92 Å². The van der Waals surface area contributed by atoms with Gasteiger partial charge in [0.2, 0.25) is 11.8 Å². The number of hydrogen-bond donors (Lipinski definition) is 1. The molecular weight excluding hydrogens is 290 g/mol. The van der Waals surface area contributed by atoms with E-state index >= 15 is 0 Å². The highest BCUT2D eigenvalue weighted by Crippen LogP contribution is 2.38. The number of benzene rings is 1. The van der Waals surface area contributed by atoms with Crippen LogP contribution in [0.4, 0.5) is 17.6 Å². The molecule has 0 radical (unpaired) electrons. The molecule has 2 unspecified atom stereocenters. The molecule has 1 N–H and O–H groups in total. The zero-order chi connectivity index (χ0) is 15.8. The fourth-order valence-corrected chi connectivity index (χ4v) is 2.62. The van der Waals surface area contributed by atoms with Crippen molar-refractivity contribution >= 4 is 11.8 Å². The number of amides is 2. The van der Waals surface area contributed by atoms with Crippen LogP contribution in [0.3, 0.4) is 0 Å². The van der Waals surface area contributed by atoms with E-state index in [0.717, 1.165) is 6.07 Å². The summed E-state index contributed by atoms with van der Waals surface area (Å²) < 4.78 is 51.5. The molecule has 1 aliphatic heterocycles.